The smallest absolute Gasteiger partial charge is 0.378 e. The van der Waals surface area contributed by atoms with Crippen molar-refractivity contribution in [1.82, 2.24) is 4.90 Å². The van der Waals surface area contributed by atoms with Crippen LogP contribution in [0.1, 0.15) is 20.3 Å². The summed E-state index contributed by atoms with van der Waals surface area (Å²) >= 11 is 11.6. The van der Waals surface area contributed by atoms with E-state index in [1.165, 1.54) is 0 Å². The molecule has 3 unspecified atom stereocenters. The molecular weight excluding hydrogens is 293 g/mol. The third-order valence-electron chi connectivity index (χ3n) is 3.54. The normalized spacial score (nSPS) is 31.7. The van der Waals surface area contributed by atoms with Gasteiger partial charge in [0.25, 0.3) is 0 Å². The fourth-order valence-electron chi connectivity index (χ4n) is 2.54. The zero-order valence-corrected chi connectivity index (χ0v) is 12.4. The Morgan fingerprint density at radius 3 is 2.79 bits per heavy atom. The maximum atomic E-state index is 11.0. The largest absolute Gasteiger partial charge is 0.428 e. The van der Waals surface area contributed by atoms with Gasteiger partial charge in [0.1, 0.15) is 0 Å². The zero-order chi connectivity index (χ0) is 14.2. The highest BCUT2D eigenvalue weighted by Crippen LogP contribution is 2.31. The van der Waals surface area contributed by atoms with E-state index in [1.807, 2.05) is 18.7 Å². The van der Waals surface area contributed by atoms with E-state index >= 15 is 0 Å². The van der Waals surface area contributed by atoms with Crippen LogP contribution in [0.5, 0.6) is 0 Å². The lowest BCUT2D eigenvalue weighted by molar-refractivity contribution is -0.497. The molecule has 2 rings (SSSR count). The van der Waals surface area contributed by atoms with Crippen molar-refractivity contribution < 1.29 is 9.66 Å². The van der Waals surface area contributed by atoms with Crippen LogP contribution < -0.4 is 0 Å². The molecule has 0 aliphatic carbocycles. The van der Waals surface area contributed by atoms with Crippen LogP contribution in [0.4, 0.5) is 0 Å². The Hall–Kier alpha value is -0.590. The Balaban J connectivity index is 2.09. The predicted molar refractivity (Wildman–Crippen MR) is 73.4 cm³/mol. The van der Waals surface area contributed by atoms with Gasteiger partial charge in [0.2, 0.25) is 5.84 Å². The Morgan fingerprint density at radius 2 is 2.26 bits per heavy atom. The summed E-state index contributed by atoms with van der Waals surface area (Å²) in [5, 5.41) is 11.0. The first kappa shape index (κ1) is 14.8. The van der Waals surface area contributed by atoms with E-state index in [2.05, 4.69) is 4.99 Å². The van der Waals surface area contributed by atoms with Gasteiger partial charge < -0.3 is 9.64 Å². The Bertz CT molecular complexity index is 403. The van der Waals surface area contributed by atoms with E-state index in [9.17, 15) is 10.1 Å². The van der Waals surface area contributed by atoms with Crippen molar-refractivity contribution in [3.63, 3.8) is 0 Å². The standard InChI is InChI=1S/C11H17Cl2N3O3/c1-7-4-14-10(11(12,13)16(17)18)15(7)5-9-3-8(2)19-6-9/h7-9H,3-6H2,1-2H3. The highest BCUT2D eigenvalue weighted by atomic mass is 35.5. The van der Waals surface area contributed by atoms with Gasteiger partial charge in [0.15, 0.2) is 0 Å². The van der Waals surface area contributed by atoms with Gasteiger partial charge in [0.05, 0.1) is 24.2 Å². The van der Waals surface area contributed by atoms with Crippen molar-refractivity contribution >= 4 is 29.0 Å². The van der Waals surface area contributed by atoms with Crippen LogP contribution >= 0.6 is 23.2 Å². The van der Waals surface area contributed by atoms with Gasteiger partial charge in [-0.3, -0.25) is 15.1 Å². The van der Waals surface area contributed by atoms with Crippen LogP contribution in [0.3, 0.4) is 0 Å². The molecule has 0 amide bonds. The van der Waals surface area contributed by atoms with Crippen LogP contribution in [-0.2, 0) is 4.74 Å². The van der Waals surface area contributed by atoms with Crippen molar-refractivity contribution in [3.05, 3.63) is 10.1 Å². The molecule has 0 N–H and O–H groups in total. The molecule has 0 radical (unpaired) electrons. The molecule has 3 atom stereocenters. The Kier molecular flexibility index (Phi) is 4.23. The number of nitrogens with zero attached hydrogens (tertiary/aromatic N) is 3. The molecule has 0 spiro atoms. The van der Waals surface area contributed by atoms with Crippen LogP contribution in [0.2, 0.25) is 0 Å². The second-order valence-electron chi connectivity index (χ2n) is 5.21. The molecule has 1 saturated heterocycles. The zero-order valence-electron chi connectivity index (χ0n) is 10.9. The average molecular weight is 310 g/mol. The van der Waals surface area contributed by atoms with Crippen LogP contribution in [0, 0.1) is 16.0 Å². The van der Waals surface area contributed by atoms with Gasteiger partial charge in [-0.1, -0.05) is 0 Å². The van der Waals surface area contributed by atoms with E-state index in [0.717, 1.165) is 6.42 Å². The van der Waals surface area contributed by atoms with E-state index in [-0.39, 0.29) is 18.0 Å². The summed E-state index contributed by atoms with van der Waals surface area (Å²) in [5.41, 5.74) is 0. The van der Waals surface area contributed by atoms with Crippen LogP contribution in [0.15, 0.2) is 4.99 Å². The molecule has 8 heteroatoms. The first-order chi connectivity index (χ1) is 8.82. The van der Waals surface area contributed by atoms with Crippen molar-refractivity contribution in [3.8, 4) is 0 Å². The number of halogens is 2. The number of rotatable bonds is 4. The first-order valence-corrected chi connectivity index (χ1v) is 7.03. The van der Waals surface area contributed by atoms with Crippen molar-refractivity contribution in [2.45, 2.75) is 36.9 Å². The van der Waals surface area contributed by atoms with E-state index in [4.69, 9.17) is 27.9 Å². The average Bonchev–Trinajstić information content (AvgIpc) is 2.87. The quantitative estimate of drug-likeness (QED) is 0.344. The SMILES string of the molecule is CC1CC(CN2C(C(Cl)(Cl)[N+](=O)[O-])=NCC2C)CO1. The summed E-state index contributed by atoms with van der Waals surface area (Å²) in [6.45, 7) is 5.76. The number of amidine groups is 1. The van der Waals surface area contributed by atoms with Crippen LogP contribution in [-0.4, -0.2) is 52.0 Å². The molecule has 2 aliphatic rings. The van der Waals surface area contributed by atoms with Gasteiger partial charge in [0, 0.05) is 18.5 Å². The molecule has 2 aliphatic heterocycles. The number of hydrogen-bond donors (Lipinski definition) is 0. The Labute approximate surface area is 121 Å². The minimum Gasteiger partial charge on any atom is -0.378 e. The molecule has 0 bridgehead atoms. The summed E-state index contributed by atoms with van der Waals surface area (Å²) in [4.78, 5) is 16.2. The lowest BCUT2D eigenvalue weighted by Gasteiger charge is -2.29. The monoisotopic (exact) mass is 309 g/mol. The molecule has 2 heterocycles. The second-order valence-corrected chi connectivity index (χ2v) is 6.50. The van der Waals surface area contributed by atoms with Gasteiger partial charge in [-0.25, -0.2) is 0 Å². The molecule has 19 heavy (non-hydrogen) atoms. The topological polar surface area (TPSA) is 68.0 Å². The summed E-state index contributed by atoms with van der Waals surface area (Å²) in [7, 11) is 0. The molecule has 108 valence electrons. The lowest BCUT2D eigenvalue weighted by Crippen LogP contribution is -2.48. The predicted octanol–water partition coefficient (Wildman–Crippen LogP) is 1.92. The molecule has 0 aromatic carbocycles. The third kappa shape index (κ3) is 2.95. The third-order valence-corrected chi connectivity index (χ3v) is 4.16. The maximum absolute atomic E-state index is 11.0. The number of ether oxygens (including phenoxy) is 1. The van der Waals surface area contributed by atoms with Crippen molar-refractivity contribution in [2.75, 3.05) is 19.7 Å². The van der Waals surface area contributed by atoms with Crippen molar-refractivity contribution in [1.29, 1.82) is 0 Å². The number of alkyl halides is 2. The minimum absolute atomic E-state index is 0.0720. The molecular formula is C11H17Cl2N3O3. The summed E-state index contributed by atoms with van der Waals surface area (Å²) in [5.74, 6) is 0.476. The summed E-state index contributed by atoms with van der Waals surface area (Å²) in [6.07, 6.45) is 1.17. The minimum atomic E-state index is -2.17. The second kappa shape index (κ2) is 5.42. The first-order valence-electron chi connectivity index (χ1n) is 6.27. The summed E-state index contributed by atoms with van der Waals surface area (Å²) in [6, 6.07) is 0.0720. The Morgan fingerprint density at radius 1 is 1.58 bits per heavy atom. The molecule has 0 saturated carbocycles. The van der Waals surface area contributed by atoms with Gasteiger partial charge in [-0.2, -0.15) is 0 Å². The molecule has 0 aromatic heterocycles. The highest BCUT2D eigenvalue weighted by Gasteiger charge is 2.51. The molecule has 0 aromatic rings. The maximum Gasteiger partial charge on any atom is 0.428 e. The number of hydrogen-bond acceptors (Lipinski definition) is 5. The lowest BCUT2D eigenvalue weighted by atomic mass is 10.0. The molecule has 1 fully saturated rings. The van der Waals surface area contributed by atoms with E-state index < -0.39 is 9.38 Å². The van der Waals surface area contributed by atoms with Crippen LogP contribution in [0.25, 0.3) is 0 Å². The fourth-order valence-corrected chi connectivity index (χ4v) is 2.88. The van der Waals surface area contributed by atoms with E-state index in [1.54, 1.807) is 0 Å². The highest BCUT2D eigenvalue weighted by molar-refractivity contribution is 6.57. The fraction of sp³-hybridized carbons (Fsp3) is 0.909. The van der Waals surface area contributed by atoms with Gasteiger partial charge in [-0.15, -0.1) is 0 Å². The van der Waals surface area contributed by atoms with Gasteiger partial charge in [-0.05, 0) is 43.5 Å². The number of nitro groups is 1. The molecule has 6 nitrogen and oxygen atoms in total. The number of aliphatic imine (C=N–C) groups is 1. The van der Waals surface area contributed by atoms with Crippen molar-refractivity contribution in [2.24, 2.45) is 10.9 Å². The van der Waals surface area contributed by atoms with E-state index in [0.29, 0.717) is 25.6 Å². The summed E-state index contributed by atoms with van der Waals surface area (Å²) < 4.78 is 3.34. The van der Waals surface area contributed by atoms with Gasteiger partial charge >= 0.3 is 4.46 Å².